The van der Waals surface area contributed by atoms with Gasteiger partial charge in [-0.05, 0) is 121 Å². The lowest BCUT2D eigenvalue weighted by Gasteiger charge is -2.44. The second-order valence-corrected chi connectivity index (χ2v) is 18.1. The zero-order chi connectivity index (χ0) is 41.3. The minimum atomic E-state index is -0.972. The van der Waals surface area contributed by atoms with E-state index in [2.05, 4.69) is 87.6 Å². The molecule has 1 unspecified atom stereocenters. The quantitative estimate of drug-likeness (QED) is 0.218. The van der Waals surface area contributed by atoms with E-state index in [1.54, 1.807) is 0 Å². The van der Waals surface area contributed by atoms with Crippen LogP contribution in [0.2, 0.25) is 0 Å². The Morgan fingerprint density at radius 3 is 2.03 bits per heavy atom. The molecule has 60 heavy (non-hydrogen) atoms. The van der Waals surface area contributed by atoms with Crippen LogP contribution in [0.3, 0.4) is 0 Å². The lowest BCUT2D eigenvalue weighted by atomic mass is 9.69. The van der Waals surface area contributed by atoms with Crippen LogP contribution in [0.5, 0.6) is 5.75 Å². The summed E-state index contributed by atoms with van der Waals surface area (Å²) in [5, 5.41) is 12.5. The molecular weight excluding hydrogens is 755 g/mol. The van der Waals surface area contributed by atoms with Crippen molar-refractivity contribution in [2.75, 3.05) is 31.1 Å². The summed E-state index contributed by atoms with van der Waals surface area (Å²) in [7, 11) is 0. The molecule has 11 heteroatoms. The van der Waals surface area contributed by atoms with Gasteiger partial charge in [0, 0.05) is 68.8 Å². The van der Waals surface area contributed by atoms with E-state index in [-0.39, 0.29) is 36.6 Å². The smallest absolute Gasteiger partial charge is 0.262 e. The number of hydrogen-bond acceptors (Lipinski definition) is 8. The Morgan fingerprint density at radius 1 is 0.717 bits per heavy atom. The van der Waals surface area contributed by atoms with E-state index in [1.165, 1.54) is 27.9 Å². The van der Waals surface area contributed by atoms with Gasteiger partial charge in [-0.2, -0.15) is 0 Å². The van der Waals surface area contributed by atoms with E-state index >= 15 is 0 Å². The number of nitrogens with one attached hydrogen (secondary N) is 1. The molecule has 3 fully saturated rings. The van der Waals surface area contributed by atoms with Crippen LogP contribution in [0.1, 0.15) is 118 Å². The largest absolute Gasteiger partial charge is 0.508 e. The van der Waals surface area contributed by atoms with Crippen LogP contribution in [0.4, 0.5) is 5.69 Å². The second kappa shape index (κ2) is 15.0. The average Bonchev–Trinajstić information content (AvgIpc) is 3.79. The Hall–Kier alpha value is -5.81. The van der Waals surface area contributed by atoms with Crippen molar-refractivity contribution in [1.29, 1.82) is 0 Å². The maximum Gasteiger partial charge on any atom is 0.262 e. The highest BCUT2D eigenvalue weighted by Crippen LogP contribution is 2.47. The monoisotopic (exact) mass is 805 g/mol. The molecule has 1 aliphatic carbocycles. The van der Waals surface area contributed by atoms with Crippen LogP contribution in [0.25, 0.3) is 0 Å². The van der Waals surface area contributed by atoms with E-state index < -0.39 is 29.2 Å². The SMILES string of the molecule is CC1(C(=O)N2CCC(N3Cc4cc5c(cc4C3)C(=O)N(C3CCC(=O)NC3=O)C5=O)CC2)CCN(c2ccc([C@@H]3c4ccc(O)cc4CC[C@@H]3c3ccccc3)cc2)CC1. The fraction of sp³-hybridized carbons (Fsp3) is 0.408. The Bertz CT molecular complexity index is 2350. The highest BCUT2D eigenvalue weighted by atomic mass is 16.3. The van der Waals surface area contributed by atoms with Crippen LogP contribution in [0.15, 0.2) is 84.9 Å². The molecule has 2 N–H and O–H groups in total. The molecule has 0 spiro atoms. The zero-order valence-corrected chi connectivity index (χ0v) is 34.1. The molecule has 308 valence electrons. The number of carbonyl (C=O) groups excluding carboxylic acids is 5. The number of aryl methyl sites for hydroxylation is 1. The number of likely N-dealkylation sites (tertiary alicyclic amines) is 1. The van der Waals surface area contributed by atoms with Gasteiger partial charge in [0.2, 0.25) is 17.7 Å². The molecule has 3 saturated heterocycles. The van der Waals surface area contributed by atoms with Crippen molar-refractivity contribution >= 4 is 35.2 Å². The molecule has 11 nitrogen and oxygen atoms in total. The summed E-state index contributed by atoms with van der Waals surface area (Å²) in [4.78, 5) is 73.0. The van der Waals surface area contributed by atoms with Gasteiger partial charge in [-0.25, -0.2) is 0 Å². The molecule has 5 heterocycles. The van der Waals surface area contributed by atoms with Gasteiger partial charge in [-0.15, -0.1) is 0 Å². The first-order chi connectivity index (χ1) is 29.0. The lowest BCUT2D eigenvalue weighted by Crippen LogP contribution is -2.54. The van der Waals surface area contributed by atoms with Crippen molar-refractivity contribution in [3.05, 3.63) is 129 Å². The molecule has 5 amide bonds. The number of phenolic OH excluding ortho intramolecular Hbond substituents is 1. The number of anilines is 1. The Balaban J connectivity index is 0.745. The fourth-order valence-electron chi connectivity index (χ4n) is 11.1. The third-order valence-electron chi connectivity index (χ3n) is 14.6. The summed E-state index contributed by atoms with van der Waals surface area (Å²) in [5.41, 5.74) is 8.61. The maximum atomic E-state index is 14.1. The number of carbonyl (C=O) groups is 5. The minimum Gasteiger partial charge on any atom is -0.508 e. The van der Waals surface area contributed by atoms with Crippen molar-refractivity contribution in [2.24, 2.45) is 5.41 Å². The summed E-state index contributed by atoms with van der Waals surface area (Å²) < 4.78 is 0. The van der Waals surface area contributed by atoms with Gasteiger partial charge in [0.25, 0.3) is 11.8 Å². The molecule has 0 aromatic heterocycles. The van der Waals surface area contributed by atoms with Gasteiger partial charge in [0.15, 0.2) is 0 Å². The van der Waals surface area contributed by atoms with Crippen LogP contribution < -0.4 is 10.2 Å². The summed E-state index contributed by atoms with van der Waals surface area (Å²) in [6.45, 7) is 6.54. The van der Waals surface area contributed by atoms with E-state index in [9.17, 15) is 29.1 Å². The number of fused-ring (bicyclic) bond motifs is 3. The molecule has 0 bridgehead atoms. The highest BCUT2D eigenvalue weighted by molar-refractivity contribution is 6.23. The number of benzene rings is 4. The zero-order valence-electron chi connectivity index (χ0n) is 34.1. The second-order valence-electron chi connectivity index (χ2n) is 18.1. The van der Waals surface area contributed by atoms with E-state index in [4.69, 9.17) is 0 Å². The third kappa shape index (κ3) is 6.67. The standard InChI is InChI=1S/C49H51N5O6/c1-49(19-23-51(24-20-49)35-10-7-31(8-11-35)44-38(30-5-3-2-4-6-30)13-9-32-25-37(55)12-14-39(32)44)48(60)52-21-17-36(18-22-52)53-28-33-26-40-41(27-34(33)29-53)47(59)54(46(40)58)42-15-16-43(56)50-45(42)57/h2-8,10-12,14,25-27,36,38,42,44,55H,9,13,15-24,28-29H2,1H3,(H,50,56,57)/t38-,42?,44+/m1/s1. The number of rotatable bonds is 6. The number of piperidine rings is 3. The van der Waals surface area contributed by atoms with E-state index in [0.29, 0.717) is 49.0 Å². The summed E-state index contributed by atoms with van der Waals surface area (Å²) in [5.74, 6) is -0.810. The Labute approximate surface area is 350 Å². The van der Waals surface area contributed by atoms with Crippen LogP contribution >= 0.6 is 0 Å². The predicted molar refractivity (Wildman–Crippen MR) is 225 cm³/mol. The minimum absolute atomic E-state index is 0.0925. The Morgan fingerprint density at radius 2 is 1.38 bits per heavy atom. The molecule has 3 atom stereocenters. The third-order valence-corrected chi connectivity index (χ3v) is 14.6. The average molecular weight is 806 g/mol. The maximum absolute atomic E-state index is 14.1. The number of amides is 5. The van der Waals surface area contributed by atoms with Crippen LogP contribution in [-0.2, 0) is 33.9 Å². The lowest BCUT2D eigenvalue weighted by molar-refractivity contribution is -0.144. The molecule has 10 rings (SSSR count). The van der Waals surface area contributed by atoms with Crippen LogP contribution in [0, 0.1) is 5.41 Å². The normalized spacial score (nSPS) is 24.3. The first kappa shape index (κ1) is 38.4. The van der Waals surface area contributed by atoms with Crippen LogP contribution in [-0.4, -0.2) is 87.6 Å². The van der Waals surface area contributed by atoms with Gasteiger partial charge in [-0.3, -0.25) is 39.1 Å². The summed E-state index contributed by atoms with van der Waals surface area (Å²) in [6.07, 6.45) is 5.54. The number of nitrogens with zero attached hydrogens (tertiary/aromatic N) is 4. The predicted octanol–water partition coefficient (Wildman–Crippen LogP) is 6.27. The van der Waals surface area contributed by atoms with Gasteiger partial charge < -0.3 is 14.9 Å². The van der Waals surface area contributed by atoms with E-state index in [1.807, 2.05) is 24.3 Å². The number of hydrogen-bond donors (Lipinski definition) is 2. The molecule has 0 saturated carbocycles. The van der Waals surface area contributed by atoms with Crippen molar-refractivity contribution < 1.29 is 29.1 Å². The van der Waals surface area contributed by atoms with Crippen molar-refractivity contribution in [2.45, 2.75) is 95.3 Å². The molecule has 5 aliphatic heterocycles. The number of aromatic hydroxyl groups is 1. The Kier molecular flexibility index (Phi) is 9.62. The molecular formula is C49H51N5O6. The van der Waals surface area contributed by atoms with Crippen molar-refractivity contribution in [1.82, 2.24) is 20.0 Å². The van der Waals surface area contributed by atoms with Gasteiger partial charge in [0.05, 0.1) is 11.1 Å². The summed E-state index contributed by atoms with van der Waals surface area (Å²) in [6, 6.07) is 28.7. The molecule has 4 aromatic rings. The van der Waals surface area contributed by atoms with Gasteiger partial charge in [-0.1, -0.05) is 55.5 Å². The van der Waals surface area contributed by atoms with E-state index in [0.717, 1.165) is 67.6 Å². The highest BCUT2D eigenvalue weighted by Gasteiger charge is 2.46. The number of imide groups is 2. The van der Waals surface area contributed by atoms with Crippen molar-refractivity contribution in [3.8, 4) is 5.75 Å². The van der Waals surface area contributed by atoms with Crippen molar-refractivity contribution in [3.63, 3.8) is 0 Å². The topological polar surface area (TPSA) is 131 Å². The molecule has 0 radical (unpaired) electrons. The first-order valence-corrected chi connectivity index (χ1v) is 21.7. The van der Waals surface area contributed by atoms with Gasteiger partial charge >= 0.3 is 0 Å². The first-order valence-electron chi connectivity index (χ1n) is 21.7. The fourth-order valence-corrected chi connectivity index (χ4v) is 11.1. The molecule has 6 aliphatic rings. The molecule has 4 aromatic carbocycles. The number of phenols is 1. The van der Waals surface area contributed by atoms with Gasteiger partial charge in [0.1, 0.15) is 11.8 Å². The summed E-state index contributed by atoms with van der Waals surface area (Å²) >= 11 is 0.